The third-order valence-electron chi connectivity index (χ3n) is 2.37. The molecule has 3 rings (SSSR count). The molecule has 0 unspecified atom stereocenters. The Morgan fingerprint density at radius 2 is 1.93 bits per heavy atom. The Hall–Kier alpha value is -2.03. The van der Waals surface area contributed by atoms with Gasteiger partial charge < -0.3 is 4.52 Å². The number of hydrogen-bond donors (Lipinski definition) is 1. The van der Waals surface area contributed by atoms with Gasteiger partial charge in [0.1, 0.15) is 0 Å². The number of H-pyrrole nitrogens is 1. The van der Waals surface area contributed by atoms with Crippen LogP contribution in [0.1, 0.15) is 0 Å². The minimum atomic E-state index is 0.0196. The molecule has 1 aromatic heterocycles. The average molecular weight is 185 g/mol. The molecular formula is C11H7NO2. The van der Waals surface area contributed by atoms with E-state index in [1.54, 1.807) is 18.3 Å². The molecule has 14 heavy (non-hydrogen) atoms. The molecule has 0 bridgehead atoms. The maximum Gasteiger partial charge on any atom is 0.179 e. The van der Waals surface area contributed by atoms with Crippen LogP contribution in [0, 0.1) is 0 Å². The van der Waals surface area contributed by atoms with Gasteiger partial charge in [0.2, 0.25) is 0 Å². The van der Waals surface area contributed by atoms with E-state index in [1.807, 2.05) is 18.2 Å². The number of benzene rings is 2. The molecule has 0 radical (unpaired) electrons. The Labute approximate surface area is 78.9 Å². The maximum absolute atomic E-state index is 11.2. The van der Waals surface area contributed by atoms with E-state index >= 15 is 0 Å². The summed E-state index contributed by atoms with van der Waals surface area (Å²) in [6.07, 6.45) is 1.76. The van der Waals surface area contributed by atoms with Crippen LogP contribution in [0.2, 0.25) is 0 Å². The number of aromatic amines is 1. The van der Waals surface area contributed by atoms with E-state index in [0.29, 0.717) is 0 Å². The predicted molar refractivity (Wildman–Crippen MR) is 54.3 cm³/mol. The molecule has 0 aliphatic heterocycles. The largest absolute Gasteiger partial charge is 0.382 e. The topological polar surface area (TPSA) is 46.0 Å². The van der Waals surface area contributed by atoms with E-state index in [1.165, 1.54) is 0 Å². The normalized spacial score (nSPS) is 11.1. The van der Waals surface area contributed by atoms with Crippen LogP contribution in [-0.4, -0.2) is 5.16 Å². The lowest BCUT2D eigenvalue weighted by Crippen LogP contribution is -1.93. The molecule has 3 aromatic rings. The van der Waals surface area contributed by atoms with Gasteiger partial charge in [-0.15, -0.1) is 0 Å². The first-order valence-electron chi connectivity index (χ1n) is 4.34. The van der Waals surface area contributed by atoms with Crippen molar-refractivity contribution in [2.75, 3.05) is 0 Å². The van der Waals surface area contributed by atoms with Crippen molar-refractivity contribution >= 4 is 21.7 Å². The van der Waals surface area contributed by atoms with Crippen molar-refractivity contribution in [1.82, 2.24) is 5.16 Å². The molecule has 0 amide bonds. The van der Waals surface area contributed by atoms with E-state index in [2.05, 4.69) is 5.16 Å². The highest BCUT2D eigenvalue weighted by atomic mass is 16.5. The number of nitrogens with one attached hydrogen (secondary N) is 1. The van der Waals surface area contributed by atoms with Crippen molar-refractivity contribution in [1.29, 1.82) is 0 Å². The summed E-state index contributed by atoms with van der Waals surface area (Å²) in [5.41, 5.74) is 0.786. The summed E-state index contributed by atoms with van der Waals surface area (Å²) in [6, 6.07) is 8.84. The van der Waals surface area contributed by atoms with Crippen LogP contribution >= 0.6 is 0 Å². The molecule has 0 aliphatic carbocycles. The van der Waals surface area contributed by atoms with Crippen LogP contribution in [0.4, 0.5) is 0 Å². The number of aromatic nitrogens is 1. The van der Waals surface area contributed by atoms with Gasteiger partial charge in [-0.2, -0.15) is 0 Å². The van der Waals surface area contributed by atoms with Crippen molar-refractivity contribution in [3.63, 3.8) is 0 Å². The molecule has 0 spiro atoms. The van der Waals surface area contributed by atoms with Crippen molar-refractivity contribution in [3.8, 4) is 0 Å². The minimum absolute atomic E-state index is 0.0196. The summed E-state index contributed by atoms with van der Waals surface area (Å²) in [5.74, 6) is 0. The van der Waals surface area contributed by atoms with E-state index in [9.17, 15) is 4.79 Å². The fraction of sp³-hybridized carbons (Fsp3) is 0. The number of hydrogen-bond acceptors (Lipinski definition) is 2. The van der Waals surface area contributed by atoms with Crippen molar-refractivity contribution in [2.45, 2.75) is 0 Å². The number of rotatable bonds is 0. The van der Waals surface area contributed by atoms with Gasteiger partial charge in [-0.25, -0.2) is 5.16 Å². The van der Waals surface area contributed by atoms with E-state index in [0.717, 1.165) is 21.7 Å². The highest BCUT2D eigenvalue weighted by molar-refractivity contribution is 6.04. The van der Waals surface area contributed by atoms with Gasteiger partial charge >= 0.3 is 0 Å². The second-order valence-electron chi connectivity index (χ2n) is 3.22. The fourth-order valence-corrected chi connectivity index (χ4v) is 1.69. The zero-order valence-electron chi connectivity index (χ0n) is 7.28. The molecule has 2 aromatic carbocycles. The van der Waals surface area contributed by atoms with Gasteiger partial charge in [-0.1, -0.05) is 12.1 Å². The molecular weight excluding hydrogens is 178 g/mol. The predicted octanol–water partition coefficient (Wildman–Crippen LogP) is 2.27. The Morgan fingerprint density at radius 1 is 1.07 bits per heavy atom. The quantitative estimate of drug-likeness (QED) is 0.584. The molecule has 0 atom stereocenters. The Morgan fingerprint density at radius 3 is 2.86 bits per heavy atom. The third-order valence-corrected chi connectivity index (χ3v) is 2.37. The molecule has 3 nitrogen and oxygen atoms in total. The fourth-order valence-electron chi connectivity index (χ4n) is 1.69. The lowest BCUT2D eigenvalue weighted by Gasteiger charge is -1.95. The zero-order valence-corrected chi connectivity index (χ0v) is 7.28. The average Bonchev–Trinajstić information content (AvgIpc) is 2.65. The maximum atomic E-state index is 11.2. The van der Waals surface area contributed by atoms with E-state index in [4.69, 9.17) is 4.52 Å². The summed E-state index contributed by atoms with van der Waals surface area (Å²) in [4.78, 5) is 11.2. The first kappa shape index (κ1) is 7.38. The molecule has 1 heterocycles. The molecule has 0 saturated heterocycles. The van der Waals surface area contributed by atoms with Gasteiger partial charge in [0.15, 0.2) is 11.0 Å². The second-order valence-corrected chi connectivity index (χ2v) is 3.22. The summed E-state index contributed by atoms with van der Waals surface area (Å²) in [5, 5.41) is 5.60. The molecule has 0 saturated carbocycles. The Bertz CT molecular complexity index is 663. The highest BCUT2D eigenvalue weighted by Gasteiger charge is 2.02. The SMILES string of the molecule is O=c1ccc2ccc3o[nH]cc3c2c1. The van der Waals surface area contributed by atoms with Gasteiger partial charge in [0.05, 0.1) is 0 Å². The number of fused-ring (bicyclic) bond motifs is 3. The van der Waals surface area contributed by atoms with Crippen LogP contribution in [0.25, 0.3) is 21.7 Å². The summed E-state index contributed by atoms with van der Waals surface area (Å²) < 4.78 is 5.14. The van der Waals surface area contributed by atoms with Crippen LogP contribution < -0.4 is 5.43 Å². The monoisotopic (exact) mass is 185 g/mol. The molecule has 0 aliphatic rings. The lowest BCUT2D eigenvalue weighted by molar-refractivity contribution is 0.456. The van der Waals surface area contributed by atoms with Crippen LogP contribution in [-0.2, 0) is 0 Å². The van der Waals surface area contributed by atoms with Crippen LogP contribution in [0.15, 0.2) is 45.8 Å². The minimum Gasteiger partial charge on any atom is -0.382 e. The Kier molecular flexibility index (Phi) is 1.31. The smallest absolute Gasteiger partial charge is 0.179 e. The standard InChI is InChI=1S/C11H7NO2/c13-8-3-1-7-2-4-11-10(6-12-14-11)9(7)5-8/h1-6,12H. The highest BCUT2D eigenvalue weighted by Crippen LogP contribution is 2.23. The summed E-state index contributed by atoms with van der Waals surface area (Å²) >= 11 is 0. The second kappa shape index (κ2) is 2.48. The third kappa shape index (κ3) is 0.893. The first-order valence-corrected chi connectivity index (χ1v) is 4.34. The Balaban J connectivity index is 2.66. The lowest BCUT2D eigenvalue weighted by atomic mass is 10.1. The van der Waals surface area contributed by atoms with Crippen LogP contribution in [0.3, 0.4) is 0 Å². The van der Waals surface area contributed by atoms with Gasteiger partial charge in [-0.3, -0.25) is 4.79 Å². The van der Waals surface area contributed by atoms with Gasteiger partial charge in [0, 0.05) is 11.6 Å². The summed E-state index contributed by atoms with van der Waals surface area (Å²) in [6.45, 7) is 0. The van der Waals surface area contributed by atoms with Crippen LogP contribution in [0.5, 0.6) is 0 Å². The van der Waals surface area contributed by atoms with E-state index in [-0.39, 0.29) is 5.43 Å². The van der Waals surface area contributed by atoms with E-state index < -0.39 is 0 Å². The zero-order chi connectivity index (χ0) is 9.54. The molecule has 68 valence electrons. The van der Waals surface area contributed by atoms with Gasteiger partial charge in [-0.05, 0) is 29.0 Å². The van der Waals surface area contributed by atoms with Crippen molar-refractivity contribution in [2.24, 2.45) is 0 Å². The summed E-state index contributed by atoms with van der Waals surface area (Å²) in [7, 11) is 0. The first-order chi connectivity index (χ1) is 6.84. The molecule has 0 fully saturated rings. The van der Waals surface area contributed by atoms with Crippen molar-refractivity contribution in [3.05, 3.63) is 46.8 Å². The van der Waals surface area contributed by atoms with Gasteiger partial charge in [0.25, 0.3) is 0 Å². The molecule has 3 heteroatoms. The van der Waals surface area contributed by atoms with Crippen molar-refractivity contribution < 1.29 is 4.52 Å². The molecule has 1 N–H and O–H groups in total.